The summed E-state index contributed by atoms with van der Waals surface area (Å²) in [5.74, 6) is 0.642. The number of halogens is 2. The van der Waals surface area contributed by atoms with Gasteiger partial charge in [-0.05, 0) is 51.8 Å². The summed E-state index contributed by atoms with van der Waals surface area (Å²) in [7, 11) is 1.54. The van der Waals surface area contributed by atoms with Crippen LogP contribution in [0.2, 0.25) is 5.02 Å². The molecule has 2 aromatic carbocycles. The fourth-order valence-electron chi connectivity index (χ4n) is 1.72. The monoisotopic (exact) mass is 337 g/mol. The van der Waals surface area contributed by atoms with Gasteiger partial charge in [0.2, 0.25) is 0 Å². The van der Waals surface area contributed by atoms with E-state index in [4.69, 9.17) is 21.6 Å². The van der Waals surface area contributed by atoms with E-state index in [9.17, 15) is 5.11 Å². The van der Waals surface area contributed by atoms with Gasteiger partial charge < -0.3 is 9.84 Å². The second-order valence-corrected chi connectivity index (χ2v) is 5.14. The first-order chi connectivity index (χ1) is 9.05. The molecule has 96 valence electrons. The summed E-state index contributed by atoms with van der Waals surface area (Å²) < 4.78 is 5.60. The van der Waals surface area contributed by atoms with Crippen molar-refractivity contribution in [3.63, 3.8) is 0 Å². The number of phenols is 1. The van der Waals surface area contributed by atoms with Crippen LogP contribution in [0.4, 0.5) is 0 Å². The van der Waals surface area contributed by atoms with E-state index in [2.05, 4.69) is 15.9 Å². The minimum Gasteiger partial charge on any atom is -0.506 e. The van der Waals surface area contributed by atoms with Crippen molar-refractivity contribution < 1.29 is 9.84 Å². The highest BCUT2D eigenvalue weighted by molar-refractivity contribution is 9.10. The summed E-state index contributed by atoms with van der Waals surface area (Å²) in [6, 6.07) is 10.3. The van der Waals surface area contributed by atoms with Crippen molar-refractivity contribution in [2.45, 2.75) is 0 Å². The number of phenolic OH excluding ortho intramolecular Hbond substituents is 1. The highest BCUT2D eigenvalue weighted by Gasteiger charge is 2.12. The molecule has 0 atom stereocenters. The van der Waals surface area contributed by atoms with Crippen molar-refractivity contribution in [2.75, 3.05) is 7.11 Å². The molecular formula is C14H9BrClNO2. The third-order valence-corrected chi connectivity index (χ3v) is 3.43. The Morgan fingerprint density at radius 1 is 1.26 bits per heavy atom. The van der Waals surface area contributed by atoms with Crippen molar-refractivity contribution in [1.82, 2.24) is 0 Å². The van der Waals surface area contributed by atoms with Gasteiger partial charge in [-0.2, -0.15) is 5.26 Å². The molecule has 0 aromatic heterocycles. The summed E-state index contributed by atoms with van der Waals surface area (Å²) in [5.41, 5.74) is 1.64. The van der Waals surface area contributed by atoms with Crippen LogP contribution in [0.1, 0.15) is 5.56 Å². The lowest BCUT2D eigenvalue weighted by Crippen LogP contribution is -1.87. The van der Waals surface area contributed by atoms with E-state index >= 15 is 0 Å². The SMILES string of the molecule is COc1cc(Cl)cc(-c2cc(C#N)cc(Br)c2O)c1. The first-order valence-electron chi connectivity index (χ1n) is 5.32. The molecule has 0 fully saturated rings. The molecule has 0 aliphatic carbocycles. The topological polar surface area (TPSA) is 53.2 Å². The van der Waals surface area contributed by atoms with Crippen LogP contribution in [0.15, 0.2) is 34.8 Å². The molecule has 0 amide bonds. The lowest BCUT2D eigenvalue weighted by Gasteiger charge is -2.10. The van der Waals surface area contributed by atoms with Crippen LogP contribution in [-0.2, 0) is 0 Å². The Morgan fingerprint density at radius 3 is 2.63 bits per heavy atom. The summed E-state index contributed by atoms with van der Waals surface area (Å²) in [5, 5.41) is 19.6. The molecule has 0 saturated carbocycles. The lowest BCUT2D eigenvalue weighted by atomic mass is 10.0. The van der Waals surface area contributed by atoms with Gasteiger partial charge >= 0.3 is 0 Å². The number of rotatable bonds is 2. The first kappa shape index (κ1) is 13.7. The minimum atomic E-state index is 0.0586. The zero-order chi connectivity index (χ0) is 14.0. The van der Waals surface area contributed by atoms with Gasteiger partial charge in [0.05, 0.1) is 23.2 Å². The Balaban J connectivity index is 2.68. The zero-order valence-electron chi connectivity index (χ0n) is 9.95. The third-order valence-electron chi connectivity index (χ3n) is 2.61. The zero-order valence-corrected chi connectivity index (χ0v) is 12.3. The van der Waals surface area contributed by atoms with Crippen LogP contribution < -0.4 is 4.74 Å². The number of nitrogens with zero attached hydrogens (tertiary/aromatic N) is 1. The molecule has 19 heavy (non-hydrogen) atoms. The highest BCUT2D eigenvalue weighted by atomic mass is 79.9. The fourth-order valence-corrected chi connectivity index (χ4v) is 2.41. The average Bonchev–Trinajstić information content (AvgIpc) is 2.40. The normalized spacial score (nSPS) is 10.0. The quantitative estimate of drug-likeness (QED) is 0.885. The van der Waals surface area contributed by atoms with Crippen molar-refractivity contribution in [3.8, 4) is 28.7 Å². The summed E-state index contributed by atoms with van der Waals surface area (Å²) in [6.45, 7) is 0. The second kappa shape index (κ2) is 5.52. The van der Waals surface area contributed by atoms with Gasteiger partial charge in [-0.25, -0.2) is 0 Å². The molecule has 1 N–H and O–H groups in total. The van der Waals surface area contributed by atoms with E-state index in [1.807, 2.05) is 6.07 Å². The van der Waals surface area contributed by atoms with Gasteiger partial charge in [-0.1, -0.05) is 11.6 Å². The molecule has 0 heterocycles. The Hall–Kier alpha value is -1.70. The van der Waals surface area contributed by atoms with E-state index in [0.29, 0.717) is 31.9 Å². The Kier molecular flexibility index (Phi) is 3.98. The maximum absolute atomic E-state index is 10.1. The molecule has 0 spiro atoms. The van der Waals surface area contributed by atoms with Crippen LogP contribution in [0.5, 0.6) is 11.5 Å². The summed E-state index contributed by atoms with van der Waals surface area (Å²) in [6.07, 6.45) is 0. The Bertz CT molecular complexity index is 680. The number of methoxy groups -OCH3 is 1. The van der Waals surface area contributed by atoms with Crippen LogP contribution in [-0.4, -0.2) is 12.2 Å². The molecular weight excluding hydrogens is 330 g/mol. The second-order valence-electron chi connectivity index (χ2n) is 3.85. The molecule has 2 aromatic rings. The molecule has 0 radical (unpaired) electrons. The minimum absolute atomic E-state index is 0.0586. The summed E-state index contributed by atoms with van der Waals surface area (Å²) >= 11 is 9.23. The summed E-state index contributed by atoms with van der Waals surface area (Å²) in [4.78, 5) is 0. The number of ether oxygens (including phenoxy) is 1. The molecule has 0 aliphatic heterocycles. The smallest absolute Gasteiger partial charge is 0.137 e. The molecule has 5 heteroatoms. The molecule has 3 nitrogen and oxygen atoms in total. The molecule has 0 aliphatic rings. The van der Waals surface area contributed by atoms with Gasteiger partial charge in [0, 0.05) is 10.6 Å². The van der Waals surface area contributed by atoms with Gasteiger partial charge in [0.1, 0.15) is 11.5 Å². The highest BCUT2D eigenvalue weighted by Crippen LogP contribution is 2.38. The number of benzene rings is 2. The van der Waals surface area contributed by atoms with Gasteiger partial charge in [-0.3, -0.25) is 0 Å². The maximum Gasteiger partial charge on any atom is 0.137 e. The van der Waals surface area contributed by atoms with Gasteiger partial charge in [-0.15, -0.1) is 0 Å². The number of hydrogen-bond acceptors (Lipinski definition) is 3. The number of nitriles is 1. The average molecular weight is 339 g/mol. The van der Waals surface area contributed by atoms with Gasteiger partial charge in [0.15, 0.2) is 0 Å². The third kappa shape index (κ3) is 2.83. The van der Waals surface area contributed by atoms with Crippen LogP contribution in [0, 0.1) is 11.3 Å². The molecule has 0 bridgehead atoms. The number of aromatic hydroxyl groups is 1. The molecule has 0 unspecified atom stereocenters. The van der Waals surface area contributed by atoms with Crippen molar-refractivity contribution >= 4 is 27.5 Å². The predicted octanol–water partition coefficient (Wildman–Crippen LogP) is 4.36. The maximum atomic E-state index is 10.1. The van der Waals surface area contributed by atoms with Gasteiger partial charge in [0.25, 0.3) is 0 Å². The van der Waals surface area contributed by atoms with Crippen LogP contribution in [0.3, 0.4) is 0 Å². The van der Waals surface area contributed by atoms with E-state index in [-0.39, 0.29) is 5.75 Å². The van der Waals surface area contributed by atoms with Crippen LogP contribution >= 0.6 is 27.5 Å². The fraction of sp³-hybridized carbons (Fsp3) is 0.0714. The van der Waals surface area contributed by atoms with E-state index in [0.717, 1.165) is 0 Å². The predicted molar refractivity (Wildman–Crippen MR) is 77.5 cm³/mol. The first-order valence-corrected chi connectivity index (χ1v) is 6.50. The molecule has 0 saturated heterocycles. The van der Waals surface area contributed by atoms with Crippen molar-refractivity contribution in [3.05, 3.63) is 45.4 Å². The van der Waals surface area contributed by atoms with Crippen molar-refractivity contribution in [1.29, 1.82) is 5.26 Å². The standard InChI is InChI=1S/C14H9BrClNO2/c1-19-11-5-9(4-10(16)6-11)12-2-8(7-17)3-13(15)14(12)18/h2-6,18H,1H3. The number of hydrogen-bond donors (Lipinski definition) is 1. The lowest BCUT2D eigenvalue weighted by molar-refractivity contribution is 0.415. The van der Waals surface area contributed by atoms with E-state index in [1.54, 1.807) is 30.3 Å². The Labute approximate surface area is 124 Å². The largest absolute Gasteiger partial charge is 0.506 e. The Morgan fingerprint density at radius 2 is 2.00 bits per heavy atom. The van der Waals surface area contributed by atoms with Crippen molar-refractivity contribution in [2.24, 2.45) is 0 Å². The molecule has 2 rings (SSSR count). The van der Waals surface area contributed by atoms with E-state index < -0.39 is 0 Å². The van der Waals surface area contributed by atoms with Crippen LogP contribution in [0.25, 0.3) is 11.1 Å². The van der Waals surface area contributed by atoms with E-state index in [1.165, 1.54) is 7.11 Å².